The zero-order valence-corrected chi connectivity index (χ0v) is 10.6. The lowest BCUT2D eigenvalue weighted by molar-refractivity contribution is -0.144. The van der Waals surface area contributed by atoms with E-state index in [1.807, 2.05) is 24.0 Å². The summed E-state index contributed by atoms with van der Waals surface area (Å²) in [6.45, 7) is 3.32. The van der Waals surface area contributed by atoms with Crippen LogP contribution in [0.25, 0.3) is 0 Å². The molecule has 4 nitrogen and oxygen atoms in total. The molecule has 1 aliphatic rings. The predicted octanol–water partition coefficient (Wildman–Crippen LogP) is 2.14. The molecule has 1 aromatic carbocycles. The summed E-state index contributed by atoms with van der Waals surface area (Å²) in [5.41, 5.74) is 1.88. The van der Waals surface area contributed by atoms with Gasteiger partial charge in [-0.2, -0.15) is 0 Å². The molecule has 0 spiro atoms. The van der Waals surface area contributed by atoms with Crippen LogP contribution in [0.2, 0.25) is 0 Å². The summed E-state index contributed by atoms with van der Waals surface area (Å²) in [5.74, 6) is -0.447. The highest BCUT2D eigenvalue weighted by atomic mass is 16.4. The third kappa shape index (κ3) is 2.82. The molecule has 4 heteroatoms. The van der Waals surface area contributed by atoms with Gasteiger partial charge in [-0.25, -0.2) is 0 Å². The van der Waals surface area contributed by atoms with Crippen LogP contribution < -0.4 is 0 Å². The highest BCUT2D eigenvalue weighted by Crippen LogP contribution is 2.22. The molecule has 1 aliphatic heterocycles. The molecule has 98 valence electrons. The van der Waals surface area contributed by atoms with Crippen molar-refractivity contribution < 1.29 is 15.0 Å². The molecule has 1 aromatic rings. The van der Waals surface area contributed by atoms with Crippen LogP contribution in [0.5, 0.6) is 5.75 Å². The summed E-state index contributed by atoms with van der Waals surface area (Å²) < 4.78 is 0. The Kier molecular flexibility index (Phi) is 3.87. The Balaban J connectivity index is 2.10. The van der Waals surface area contributed by atoms with Crippen LogP contribution in [0.4, 0.5) is 0 Å². The minimum Gasteiger partial charge on any atom is -0.508 e. The van der Waals surface area contributed by atoms with Crippen molar-refractivity contribution in [2.24, 2.45) is 0 Å². The van der Waals surface area contributed by atoms with Crippen LogP contribution >= 0.6 is 0 Å². The molecule has 0 unspecified atom stereocenters. The zero-order chi connectivity index (χ0) is 13.1. The summed E-state index contributed by atoms with van der Waals surface area (Å²) in [5, 5.41) is 18.7. The SMILES string of the molecule is Cc1cc(CN2CCCC[C@H]2C(=O)O)ccc1O. The Bertz CT molecular complexity index is 445. The Labute approximate surface area is 107 Å². The minimum atomic E-state index is -0.731. The van der Waals surface area contributed by atoms with E-state index in [4.69, 9.17) is 0 Å². The van der Waals surface area contributed by atoms with E-state index in [2.05, 4.69) is 0 Å². The van der Waals surface area contributed by atoms with Gasteiger partial charge in [0.05, 0.1) is 0 Å². The second-order valence-corrected chi connectivity index (χ2v) is 4.94. The van der Waals surface area contributed by atoms with Gasteiger partial charge >= 0.3 is 5.97 Å². The number of carboxylic acids is 1. The third-order valence-electron chi connectivity index (χ3n) is 3.55. The van der Waals surface area contributed by atoms with E-state index in [9.17, 15) is 15.0 Å². The van der Waals surface area contributed by atoms with Crippen LogP contribution in [0, 0.1) is 6.92 Å². The number of aromatic hydroxyl groups is 1. The predicted molar refractivity (Wildman–Crippen MR) is 68.5 cm³/mol. The van der Waals surface area contributed by atoms with Crippen molar-refractivity contribution in [3.8, 4) is 5.75 Å². The first-order valence-electron chi connectivity index (χ1n) is 6.33. The fourth-order valence-corrected chi connectivity index (χ4v) is 2.51. The van der Waals surface area contributed by atoms with Crippen molar-refractivity contribution in [2.75, 3.05) is 6.54 Å². The molecule has 0 aromatic heterocycles. The lowest BCUT2D eigenvalue weighted by Gasteiger charge is -2.32. The number of aryl methyl sites for hydroxylation is 1. The molecule has 1 saturated heterocycles. The molecule has 18 heavy (non-hydrogen) atoms. The first kappa shape index (κ1) is 12.9. The standard InChI is InChI=1S/C14H19NO3/c1-10-8-11(5-6-13(10)16)9-15-7-3-2-4-12(15)14(17)18/h5-6,8,12,16H,2-4,7,9H2,1H3,(H,17,18)/t12-/m0/s1. The minimum absolute atomic E-state index is 0.284. The number of aliphatic carboxylic acids is 1. The van der Waals surface area contributed by atoms with Gasteiger partial charge in [0, 0.05) is 6.54 Å². The molecule has 1 heterocycles. The number of hydrogen-bond donors (Lipinski definition) is 2. The lowest BCUT2D eigenvalue weighted by Crippen LogP contribution is -2.43. The number of phenols is 1. The number of nitrogens with zero attached hydrogens (tertiary/aromatic N) is 1. The number of benzene rings is 1. The number of phenolic OH excluding ortho intramolecular Hbond substituents is 1. The molecule has 1 atom stereocenters. The van der Waals surface area contributed by atoms with E-state index in [0.717, 1.165) is 36.9 Å². The van der Waals surface area contributed by atoms with Gasteiger partial charge in [-0.1, -0.05) is 18.6 Å². The van der Waals surface area contributed by atoms with Gasteiger partial charge in [0.1, 0.15) is 11.8 Å². The van der Waals surface area contributed by atoms with E-state index in [1.54, 1.807) is 6.07 Å². The van der Waals surface area contributed by atoms with Crippen molar-refractivity contribution in [2.45, 2.75) is 38.8 Å². The quantitative estimate of drug-likeness (QED) is 0.861. The Morgan fingerprint density at radius 3 is 2.89 bits per heavy atom. The topological polar surface area (TPSA) is 60.8 Å². The van der Waals surface area contributed by atoms with Crippen molar-refractivity contribution in [3.05, 3.63) is 29.3 Å². The smallest absolute Gasteiger partial charge is 0.320 e. The number of carboxylic acid groups (broad SMARTS) is 1. The Hall–Kier alpha value is -1.55. The molecule has 2 N–H and O–H groups in total. The van der Waals surface area contributed by atoms with Crippen LogP contribution in [0.15, 0.2) is 18.2 Å². The van der Waals surface area contributed by atoms with Crippen LogP contribution in [0.3, 0.4) is 0 Å². The number of carbonyl (C=O) groups is 1. The number of likely N-dealkylation sites (tertiary alicyclic amines) is 1. The van der Waals surface area contributed by atoms with Gasteiger partial charge < -0.3 is 10.2 Å². The van der Waals surface area contributed by atoms with E-state index in [0.29, 0.717) is 6.54 Å². The molecular weight excluding hydrogens is 230 g/mol. The highest BCUT2D eigenvalue weighted by molar-refractivity contribution is 5.73. The van der Waals surface area contributed by atoms with Crippen molar-refractivity contribution >= 4 is 5.97 Å². The summed E-state index contributed by atoms with van der Waals surface area (Å²) in [6.07, 6.45) is 2.77. The largest absolute Gasteiger partial charge is 0.508 e. The van der Waals surface area contributed by atoms with Gasteiger partial charge in [0.25, 0.3) is 0 Å². The van der Waals surface area contributed by atoms with Crippen molar-refractivity contribution in [1.29, 1.82) is 0 Å². The van der Waals surface area contributed by atoms with E-state index in [1.165, 1.54) is 0 Å². The fraction of sp³-hybridized carbons (Fsp3) is 0.500. The average molecular weight is 249 g/mol. The van der Waals surface area contributed by atoms with Crippen LogP contribution in [0.1, 0.15) is 30.4 Å². The normalized spacial score (nSPS) is 20.8. The maximum absolute atomic E-state index is 11.2. The summed E-state index contributed by atoms with van der Waals surface area (Å²) in [6, 6.07) is 5.08. The number of rotatable bonds is 3. The Morgan fingerprint density at radius 2 is 2.22 bits per heavy atom. The fourth-order valence-electron chi connectivity index (χ4n) is 2.51. The highest BCUT2D eigenvalue weighted by Gasteiger charge is 2.28. The first-order valence-corrected chi connectivity index (χ1v) is 6.33. The molecule has 0 radical (unpaired) electrons. The molecule has 0 aliphatic carbocycles. The van der Waals surface area contributed by atoms with E-state index >= 15 is 0 Å². The van der Waals surface area contributed by atoms with Crippen molar-refractivity contribution in [1.82, 2.24) is 4.90 Å². The molecular formula is C14H19NO3. The first-order chi connectivity index (χ1) is 8.58. The van der Waals surface area contributed by atoms with Crippen LogP contribution in [-0.2, 0) is 11.3 Å². The van der Waals surface area contributed by atoms with E-state index in [-0.39, 0.29) is 11.8 Å². The molecule has 0 bridgehead atoms. The van der Waals surface area contributed by atoms with Crippen LogP contribution in [-0.4, -0.2) is 33.7 Å². The average Bonchev–Trinajstić information content (AvgIpc) is 2.34. The Morgan fingerprint density at radius 1 is 1.44 bits per heavy atom. The third-order valence-corrected chi connectivity index (χ3v) is 3.55. The van der Waals surface area contributed by atoms with E-state index < -0.39 is 5.97 Å². The van der Waals surface area contributed by atoms with Gasteiger partial charge in [-0.05, 0) is 43.5 Å². The van der Waals surface area contributed by atoms with Gasteiger partial charge in [0.15, 0.2) is 0 Å². The lowest BCUT2D eigenvalue weighted by atomic mass is 10.0. The second-order valence-electron chi connectivity index (χ2n) is 4.94. The summed E-state index contributed by atoms with van der Waals surface area (Å²) >= 11 is 0. The molecule has 0 amide bonds. The van der Waals surface area contributed by atoms with Gasteiger partial charge in [0.2, 0.25) is 0 Å². The summed E-state index contributed by atoms with van der Waals surface area (Å²) in [7, 11) is 0. The second kappa shape index (κ2) is 5.40. The summed E-state index contributed by atoms with van der Waals surface area (Å²) in [4.78, 5) is 13.2. The molecule has 1 fully saturated rings. The molecule has 2 rings (SSSR count). The van der Waals surface area contributed by atoms with Gasteiger partial charge in [-0.3, -0.25) is 9.69 Å². The maximum atomic E-state index is 11.2. The monoisotopic (exact) mass is 249 g/mol. The number of piperidine rings is 1. The van der Waals surface area contributed by atoms with Crippen molar-refractivity contribution in [3.63, 3.8) is 0 Å². The molecule has 0 saturated carbocycles. The zero-order valence-electron chi connectivity index (χ0n) is 10.6. The number of hydrogen-bond acceptors (Lipinski definition) is 3. The van der Waals surface area contributed by atoms with Gasteiger partial charge in [-0.15, -0.1) is 0 Å². The maximum Gasteiger partial charge on any atom is 0.320 e.